The van der Waals surface area contributed by atoms with Gasteiger partial charge in [-0.1, -0.05) is 59.4 Å². The number of benzene rings is 3. The Kier molecular flexibility index (Phi) is 9.02. The van der Waals surface area contributed by atoms with Crippen molar-refractivity contribution in [1.29, 1.82) is 0 Å². The summed E-state index contributed by atoms with van der Waals surface area (Å²) in [4.78, 5) is 19.9. The topological polar surface area (TPSA) is 101 Å². The molecule has 1 N–H and O–H groups in total. The number of thiazole rings is 1. The average Bonchev–Trinajstić information content (AvgIpc) is 3.41. The van der Waals surface area contributed by atoms with Crippen molar-refractivity contribution >= 4 is 42.6 Å². The Balaban J connectivity index is 1.11. The van der Waals surface area contributed by atoms with Crippen molar-refractivity contribution in [3.8, 4) is 5.75 Å². The third-order valence-electron chi connectivity index (χ3n) is 8.43. The Morgan fingerprint density at radius 1 is 1.09 bits per heavy atom. The second-order valence-electron chi connectivity index (χ2n) is 11.6. The first-order valence-corrected chi connectivity index (χ1v) is 17.3. The van der Waals surface area contributed by atoms with Crippen LogP contribution in [0.1, 0.15) is 30.9 Å². The molecule has 1 aromatic heterocycles. The Morgan fingerprint density at radius 3 is 2.57 bits per heavy atom. The van der Waals surface area contributed by atoms with Crippen LogP contribution >= 0.6 is 11.3 Å². The number of carbonyl (C=O) groups excluding carboxylic acids is 1. The van der Waals surface area contributed by atoms with E-state index in [4.69, 9.17) is 9.47 Å². The van der Waals surface area contributed by atoms with Crippen LogP contribution in [-0.2, 0) is 26.0 Å². The standard InChI is InChI=1S/C33H38N4O5S2/c1-3-41-27-11-14-29-30(20-27)43-32(34-29)35-31(38)21-36-17-15-33(16-18-36)23-37(44(39,40)28-12-9-24(2)10-13-28)26(22-42-33)19-25-7-5-4-6-8-25/h4-14,20,26H,3,15-19,21-23H2,1-2H3,(H,34,35,38)/t26-/m1/s1. The van der Waals surface area contributed by atoms with Gasteiger partial charge in [0.15, 0.2) is 5.13 Å². The first-order chi connectivity index (χ1) is 21.2. The van der Waals surface area contributed by atoms with Crippen LogP contribution in [0.4, 0.5) is 5.13 Å². The lowest BCUT2D eigenvalue weighted by Crippen LogP contribution is -2.62. The Hall–Kier alpha value is -3.35. The molecule has 0 bridgehead atoms. The van der Waals surface area contributed by atoms with E-state index in [0.29, 0.717) is 55.6 Å². The zero-order chi connectivity index (χ0) is 30.7. The number of hydrogen-bond acceptors (Lipinski definition) is 8. The highest BCUT2D eigenvalue weighted by atomic mass is 32.2. The van der Waals surface area contributed by atoms with Crippen molar-refractivity contribution in [2.75, 3.05) is 44.7 Å². The summed E-state index contributed by atoms with van der Waals surface area (Å²) >= 11 is 1.42. The molecule has 1 atom stereocenters. The van der Waals surface area contributed by atoms with Crippen LogP contribution in [0.2, 0.25) is 0 Å². The minimum absolute atomic E-state index is 0.124. The third kappa shape index (κ3) is 6.82. The molecule has 0 radical (unpaired) electrons. The number of morpholine rings is 1. The van der Waals surface area contributed by atoms with Crippen LogP contribution in [0.3, 0.4) is 0 Å². The fraction of sp³-hybridized carbons (Fsp3) is 0.394. The predicted molar refractivity (Wildman–Crippen MR) is 173 cm³/mol. The van der Waals surface area contributed by atoms with Crippen LogP contribution in [0.5, 0.6) is 5.75 Å². The number of anilines is 1. The van der Waals surface area contributed by atoms with Gasteiger partial charge in [-0.3, -0.25) is 9.69 Å². The third-order valence-corrected chi connectivity index (χ3v) is 11.3. The van der Waals surface area contributed by atoms with Gasteiger partial charge in [-0.05, 0) is 69.0 Å². The molecule has 232 valence electrons. The molecule has 2 aliphatic rings. The summed E-state index contributed by atoms with van der Waals surface area (Å²) in [6, 6.07) is 22.4. The number of nitrogens with one attached hydrogen (secondary N) is 1. The molecule has 3 heterocycles. The van der Waals surface area contributed by atoms with Crippen LogP contribution in [-0.4, -0.2) is 79.5 Å². The second kappa shape index (κ2) is 12.9. The Labute approximate surface area is 262 Å². The van der Waals surface area contributed by atoms with Crippen molar-refractivity contribution < 1.29 is 22.7 Å². The van der Waals surface area contributed by atoms with Crippen molar-refractivity contribution in [2.45, 2.75) is 49.6 Å². The van der Waals surface area contributed by atoms with Gasteiger partial charge in [0.25, 0.3) is 0 Å². The van der Waals surface area contributed by atoms with Gasteiger partial charge in [-0.2, -0.15) is 4.31 Å². The van der Waals surface area contributed by atoms with Gasteiger partial charge in [0.1, 0.15) is 5.75 Å². The maximum absolute atomic E-state index is 14.0. The molecule has 9 nitrogen and oxygen atoms in total. The molecule has 1 spiro atoms. The highest BCUT2D eigenvalue weighted by Gasteiger charge is 2.47. The highest BCUT2D eigenvalue weighted by Crippen LogP contribution is 2.36. The van der Waals surface area contributed by atoms with Crippen molar-refractivity contribution in [3.63, 3.8) is 0 Å². The molecule has 44 heavy (non-hydrogen) atoms. The molecule has 0 saturated carbocycles. The molecular weight excluding hydrogens is 597 g/mol. The fourth-order valence-electron chi connectivity index (χ4n) is 5.99. The zero-order valence-electron chi connectivity index (χ0n) is 25.1. The smallest absolute Gasteiger partial charge is 0.243 e. The number of carbonyl (C=O) groups is 1. The number of amides is 1. The van der Waals surface area contributed by atoms with Crippen molar-refractivity contribution in [1.82, 2.24) is 14.2 Å². The number of sulfonamides is 1. The van der Waals surface area contributed by atoms with Crippen molar-refractivity contribution in [2.24, 2.45) is 0 Å². The van der Waals surface area contributed by atoms with Crippen LogP contribution in [0.25, 0.3) is 10.2 Å². The summed E-state index contributed by atoms with van der Waals surface area (Å²) in [6.45, 7) is 6.59. The van der Waals surface area contributed by atoms with Gasteiger partial charge in [0, 0.05) is 19.6 Å². The Bertz CT molecular complexity index is 1700. The molecular formula is C33H38N4O5S2. The fourth-order valence-corrected chi connectivity index (χ4v) is 8.58. The molecule has 2 saturated heterocycles. The zero-order valence-corrected chi connectivity index (χ0v) is 26.7. The van der Waals surface area contributed by atoms with E-state index in [1.807, 2.05) is 74.5 Å². The summed E-state index contributed by atoms with van der Waals surface area (Å²) in [5, 5.41) is 3.51. The SMILES string of the molecule is CCOc1ccc2nc(NC(=O)CN3CCC4(CC3)CN(S(=O)(=O)c3ccc(C)cc3)[C@H](Cc3ccccc3)CO4)sc2c1. The number of rotatable bonds is 9. The minimum Gasteiger partial charge on any atom is -0.494 e. The molecule has 0 aliphatic carbocycles. The second-order valence-corrected chi connectivity index (χ2v) is 14.5. The van der Waals surface area contributed by atoms with E-state index < -0.39 is 15.6 Å². The van der Waals surface area contributed by atoms with Gasteiger partial charge < -0.3 is 14.8 Å². The molecule has 2 aliphatic heterocycles. The number of aromatic nitrogens is 1. The number of piperidine rings is 1. The number of nitrogens with zero attached hydrogens (tertiary/aromatic N) is 3. The molecule has 0 unspecified atom stereocenters. The van der Waals surface area contributed by atoms with E-state index in [9.17, 15) is 13.2 Å². The van der Waals surface area contributed by atoms with Gasteiger partial charge in [-0.25, -0.2) is 13.4 Å². The van der Waals surface area contributed by atoms with Gasteiger partial charge in [0.2, 0.25) is 15.9 Å². The summed E-state index contributed by atoms with van der Waals surface area (Å²) in [5.41, 5.74) is 2.31. The van der Waals surface area contributed by atoms with E-state index in [2.05, 4.69) is 15.2 Å². The number of hydrogen-bond donors (Lipinski definition) is 1. The summed E-state index contributed by atoms with van der Waals surface area (Å²) in [7, 11) is -3.75. The number of likely N-dealkylation sites (tertiary alicyclic amines) is 1. The number of fused-ring (bicyclic) bond motifs is 1. The monoisotopic (exact) mass is 634 g/mol. The summed E-state index contributed by atoms with van der Waals surface area (Å²) in [5.74, 6) is 0.659. The average molecular weight is 635 g/mol. The predicted octanol–water partition coefficient (Wildman–Crippen LogP) is 5.11. The molecule has 1 amide bonds. The maximum Gasteiger partial charge on any atom is 0.243 e. The van der Waals surface area contributed by atoms with Crippen molar-refractivity contribution in [3.05, 3.63) is 83.9 Å². The molecule has 4 aromatic rings. The highest BCUT2D eigenvalue weighted by molar-refractivity contribution is 7.89. The normalized spacial score (nSPS) is 19.3. The van der Waals surface area contributed by atoms with E-state index in [1.165, 1.54) is 11.3 Å². The lowest BCUT2D eigenvalue weighted by Gasteiger charge is -2.49. The Morgan fingerprint density at radius 2 is 1.84 bits per heavy atom. The van der Waals surface area contributed by atoms with E-state index in [0.717, 1.165) is 27.1 Å². The number of aryl methyl sites for hydroxylation is 1. The first-order valence-electron chi connectivity index (χ1n) is 15.0. The lowest BCUT2D eigenvalue weighted by atomic mass is 9.88. The van der Waals surface area contributed by atoms with E-state index in [1.54, 1.807) is 16.4 Å². The van der Waals surface area contributed by atoms with E-state index in [-0.39, 0.29) is 25.0 Å². The van der Waals surface area contributed by atoms with Gasteiger partial charge >= 0.3 is 0 Å². The molecule has 11 heteroatoms. The summed E-state index contributed by atoms with van der Waals surface area (Å²) in [6.07, 6.45) is 1.85. The molecule has 3 aromatic carbocycles. The lowest BCUT2D eigenvalue weighted by molar-refractivity contribution is -0.139. The number of ether oxygens (including phenoxy) is 2. The van der Waals surface area contributed by atoms with Crippen LogP contribution < -0.4 is 10.1 Å². The van der Waals surface area contributed by atoms with E-state index >= 15 is 0 Å². The van der Waals surface area contributed by atoms with Crippen LogP contribution in [0.15, 0.2) is 77.7 Å². The van der Waals surface area contributed by atoms with Gasteiger partial charge in [-0.15, -0.1) is 0 Å². The molecule has 6 rings (SSSR count). The maximum atomic E-state index is 14.0. The molecule has 2 fully saturated rings. The summed E-state index contributed by atoms with van der Waals surface area (Å²) < 4.78 is 42.8. The largest absolute Gasteiger partial charge is 0.494 e. The quantitative estimate of drug-likeness (QED) is 0.273. The first kappa shape index (κ1) is 30.7. The minimum atomic E-state index is -3.75. The van der Waals surface area contributed by atoms with Crippen LogP contribution in [0, 0.1) is 6.92 Å². The van der Waals surface area contributed by atoms with Gasteiger partial charge in [0.05, 0.1) is 46.5 Å².